The monoisotopic (exact) mass is 281 g/mol. The van der Waals surface area contributed by atoms with Gasteiger partial charge in [-0.2, -0.15) is 16.9 Å². The van der Waals surface area contributed by atoms with Crippen molar-refractivity contribution in [2.75, 3.05) is 43.0 Å². The molecule has 1 aliphatic rings. The summed E-state index contributed by atoms with van der Waals surface area (Å²) in [5.74, 6) is 3.17. The number of nitrogens with zero attached hydrogens (tertiary/aromatic N) is 4. The molecule has 0 bridgehead atoms. The van der Waals surface area contributed by atoms with E-state index in [1.165, 1.54) is 24.6 Å². The van der Waals surface area contributed by atoms with Gasteiger partial charge in [0.05, 0.1) is 11.4 Å². The van der Waals surface area contributed by atoms with Gasteiger partial charge in [0, 0.05) is 37.7 Å². The van der Waals surface area contributed by atoms with E-state index < -0.39 is 0 Å². The Bertz CT molecular complexity index is 393. The van der Waals surface area contributed by atoms with Crippen LogP contribution in [0.4, 0.5) is 5.95 Å². The van der Waals surface area contributed by atoms with E-state index in [0.29, 0.717) is 5.95 Å². The Kier molecular flexibility index (Phi) is 5.85. The highest BCUT2D eigenvalue weighted by atomic mass is 32.2. The summed E-state index contributed by atoms with van der Waals surface area (Å²) in [5, 5.41) is 11.7. The summed E-state index contributed by atoms with van der Waals surface area (Å²) in [6, 6.07) is 0. The Balaban J connectivity index is 1.81. The van der Waals surface area contributed by atoms with Crippen LogP contribution in [0, 0.1) is 0 Å². The Morgan fingerprint density at radius 1 is 1.11 bits per heavy atom. The number of hydrogen-bond acceptors (Lipinski definition) is 6. The first kappa shape index (κ1) is 14.5. The average Bonchev–Trinajstić information content (AvgIpc) is 2.48. The van der Waals surface area contributed by atoms with Gasteiger partial charge in [-0.3, -0.25) is 4.90 Å². The molecule has 6 heteroatoms. The Hall–Kier alpha value is -0.880. The highest BCUT2D eigenvalue weighted by molar-refractivity contribution is 7.99. The standard InChI is InChI=1S/C13H23N5S/c1-3-11-12(4-2)16-17-13(15-11)14-5-6-18-7-9-19-10-8-18/h3-10H2,1-2H3,(H,14,15,17). The third kappa shape index (κ3) is 4.31. The van der Waals surface area contributed by atoms with E-state index in [9.17, 15) is 0 Å². The lowest BCUT2D eigenvalue weighted by Gasteiger charge is -2.25. The normalized spacial score (nSPS) is 16.5. The summed E-state index contributed by atoms with van der Waals surface area (Å²) in [6.07, 6.45) is 1.81. The molecule has 1 N–H and O–H groups in total. The van der Waals surface area contributed by atoms with Gasteiger partial charge in [0.15, 0.2) is 0 Å². The van der Waals surface area contributed by atoms with Gasteiger partial charge in [-0.1, -0.05) is 13.8 Å². The molecule has 5 nitrogen and oxygen atoms in total. The minimum Gasteiger partial charge on any atom is -0.352 e. The van der Waals surface area contributed by atoms with Crippen molar-refractivity contribution in [2.24, 2.45) is 0 Å². The lowest BCUT2D eigenvalue weighted by molar-refractivity contribution is 0.314. The Morgan fingerprint density at radius 3 is 2.53 bits per heavy atom. The van der Waals surface area contributed by atoms with Gasteiger partial charge in [-0.15, -0.1) is 5.10 Å². The number of thioether (sulfide) groups is 1. The predicted molar refractivity (Wildman–Crippen MR) is 80.8 cm³/mol. The smallest absolute Gasteiger partial charge is 0.243 e. The summed E-state index contributed by atoms with van der Waals surface area (Å²) >= 11 is 2.04. The van der Waals surface area contributed by atoms with Crippen molar-refractivity contribution in [3.8, 4) is 0 Å². The molecule has 0 atom stereocenters. The van der Waals surface area contributed by atoms with Gasteiger partial charge in [-0.25, -0.2) is 4.98 Å². The number of aryl methyl sites for hydroxylation is 2. The second-order valence-corrected chi connectivity index (χ2v) is 5.84. The van der Waals surface area contributed by atoms with Crippen molar-refractivity contribution >= 4 is 17.7 Å². The number of anilines is 1. The minimum absolute atomic E-state index is 0.667. The molecule has 0 spiro atoms. The van der Waals surface area contributed by atoms with Crippen LogP contribution in [0.2, 0.25) is 0 Å². The summed E-state index contributed by atoms with van der Waals surface area (Å²) in [7, 11) is 0. The van der Waals surface area contributed by atoms with Gasteiger partial charge in [0.25, 0.3) is 0 Å². The quantitative estimate of drug-likeness (QED) is 0.852. The summed E-state index contributed by atoms with van der Waals surface area (Å²) in [4.78, 5) is 7.02. The molecule has 0 saturated carbocycles. The molecule has 0 radical (unpaired) electrons. The van der Waals surface area contributed by atoms with Crippen molar-refractivity contribution in [1.82, 2.24) is 20.1 Å². The lowest BCUT2D eigenvalue weighted by atomic mass is 10.2. The first-order valence-electron chi connectivity index (χ1n) is 7.10. The second kappa shape index (κ2) is 7.65. The fourth-order valence-electron chi connectivity index (χ4n) is 2.16. The van der Waals surface area contributed by atoms with E-state index in [2.05, 4.69) is 39.2 Å². The largest absolute Gasteiger partial charge is 0.352 e. The third-order valence-electron chi connectivity index (χ3n) is 3.32. The molecule has 0 aliphatic carbocycles. The highest BCUT2D eigenvalue weighted by Gasteiger charge is 2.10. The van der Waals surface area contributed by atoms with Crippen LogP contribution >= 0.6 is 11.8 Å². The van der Waals surface area contributed by atoms with Crippen LogP contribution in [0.1, 0.15) is 25.2 Å². The van der Waals surface area contributed by atoms with Crippen molar-refractivity contribution in [2.45, 2.75) is 26.7 Å². The molecule has 0 amide bonds. The van der Waals surface area contributed by atoms with E-state index in [0.717, 1.165) is 37.3 Å². The molecular weight excluding hydrogens is 258 g/mol. The Labute approximate surface area is 119 Å². The van der Waals surface area contributed by atoms with Gasteiger partial charge >= 0.3 is 0 Å². The molecule has 19 heavy (non-hydrogen) atoms. The highest BCUT2D eigenvalue weighted by Crippen LogP contribution is 2.09. The molecule has 2 rings (SSSR count). The molecule has 106 valence electrons. The molecule has 0 unspecified atom stereocenters. The van der Waals surface area contributed by atoms with Crippen molar-refractivity contribution < 1.29 is 0 Å². The SMILES string of the molecule is CCc1nnc(NCCN2CCSCC2)nc1CC. The van der Waals surface area contributed by atoms with Crippen LogP contribution in [0.3, 0.4) is 0 Å². The minimum atomic E-state index is 0.667. The average molecular weight is 281 g/mol. The number of hydrogen-bond donors (Lipinski definition) is 1. The van der Waals surface area contributed by atoms with E-state index in [4.69, 9.17) is 0 Å². The fraction of sp³-hybridized carbons (Fsp3) is 0.769. The Morgan fingerprint density at radius 2 is 1.84 bits per heavy atom. The molecule has 1 saturated heterocycles. The van der Waals surface area contributed by atoms with E-state index in [-0.39, 0.29) is 0 Å². The molecule has 1 aliphatic heterocycles. The summed E-state index contributed by atoms with van der Waals surface area (Å²) in [5.41, 5.74) is 2.08. The molecule has 2 heterocycles. The summed E-state index contributed by atoms with van der Waals surface area (Å²) in [6.45, 7) is 8.54. The maximum absolute atomic E-state index is 4.54. The lowest BCUT2D eigenvalue weighted by Crippen LogP contribution is -2.36. The van der Waals surface area contributed by atoms with Crippen LogP contribution in [0.15, 0.2) is 0 Å². The molecule has 1 fully saturated rings. The van der Waals surface area contributed by atoms with Crippen LogP contribution < -0.4 is 5.32 Å². The number of rotatable bonds is 6. The van der Waals surface area contributed by atoms with Crippen molar-refractivity contribution in [3.63, 3.8) is 0 Å². The van der Waals surface area contributed by atoms with Gasteiger partial charge in [-0.05, 0) is 12.8 Å². The molecule has 0 aromatic carbocycles. The first-order chi connectivity index (χ1) is 9.33. The first-order valence-corrected chi connectivity index (χ1v) is 8.25. The van der Waals surface area contributed by atoms with E-state index in [1.54, 1.807) is 0 Å². The van der Waals surface area contributed by atoms with Crippen LogP contribution in [0.5, 0.6) is 0 Å². The van der Waals surface area contributed by atoms with Crippen LogP contribution in [-0.2, 0) is 12.8 Å². The van der Waals surface area contributed by atoms with Gasteiger partial charge < -0.3 is 5.32 Å². The van der Waals surface area contributed by atoms with Crippen LogP contribution in [-0.4, -0.2) is 57.8 Å². The van der Waals surface area contributed by atoms with Crippen LogP contribution in [0.25, 0.3) is 0 Å². The number of nitrogens with one attached hydrogen (secondary N) is 1. The third-order valence-corrected chi connectivity index (χ3v) is 4.27. The van der Waals surface area contributed by atoms with E-state index in [1.807, 2.05) is 11.8 Å². The molecular formula is C13H23N5S. The maximum atomic E-state index is 4.54. The number of aromatic nitrogens is 3. The molecule has 1 aromatic heterocycles. The summed E-state index contributed by atoms with van der Waals surface area (Å²) < 4.78 is 0. The maximum Gasteiger partial charge on any atom is 0.243 e. The second-order valence-electron chi connectivity index (χ2n) is 4.62. The fourth-order valence-corrected chi connectivity index (χ4v) is 3.14. The zero-order valence-electron chi connectivity index (χ0n) is 11.9. The van der Waals surface area contributed by atoms with Crippen molar-refractivity contribution in [3.05, 3.63) is 11.4 Å². The zero-order chi connectivity index (χ0) is 13.5. The van der Waals surface area contributed by atoms with Gasteiger partial charge in [0.2, 0.25) is 5.95 Å². The zero-order valence-corrected chi connectivity index (χ0v) is 12.7. The van der Waals surface area contributed by atoms with Crippen molar-refractivity contribution in [1.29, 1.82) is 0 Å². The topological polar surface area (TPSA) is 53.9 Å². The van der Waals surface area contributed by atoms with E-state index >= 15 is 0 Å². The predicted octanol–water partition coefficient (Wildman–Crippen LogP) is 1.46. The van der Waals surface area contributed by atoms with Gasteiger partial charge in [0.1, 0.15) is 0 Å². The molecule has 1 aromatic rings.